The molecule has 2 N–H and O–H groups in total. The van der Waals surface area contributed by atoms with Crippen molar-refractivity contribution in [1.29, 1.82) is 0 Å². The number of halogens is 1. The summed E-state index contributed by atoms with van der Waals surface area (Å²) < 4.78 is 12.6. The Balaban J connectivity index is 2.45. The van der Waals surface area contributed by atoms with E-state index < -0.39 is 0 Å². The minimum absolute atomic E-state index is 0.305. The third kappa shape index (κ3) is 5.65. The molecule has 2 amide bonds. The second-order valence-corrected chi connectivity index (χ2v) is 4.63. The monoisotopic (exact) mass is 237 g/mol. The first-order valence-corrected chi connectivity index (χ1v) is 5.23. The molecular weight excluding hydrogens is 221 g/mol. The van der Waals surface area contributed by atoms with E-state index in [-0.39, 0.29) is 17.4 Å². The number of hydrogen-bond donors (Lipinski definition) is 2. The van der Waals surface area contributed by atoms with Crippen LogP contribution in [-0.4, -0.2) is 17.8 Å². The van der Waals surface area contributed by atoms with Gasteiger partial charge in [-0.05, 0) is 38.5 Å². The summed E-state index contributed by atoms with van der Waals surface area (Å²) in [6.45, 7) is 5.61. The highest BCUT2D eigenvalue weighted by Gasteiger charge is 2.12. The van der Waals surface area contributed by atoms with Crippen molar-refractivity contribution in [3.8, 4) is 0 Å². The number of hydrazone groups is 1. The number of carbonyl (C=O) groups is 1. The molecule has 5 heteroatoms. The highest BCUT2D eigenvalue weighted by atomic mass is 19.1. The summed E-state index contributed by atoms with van der Waals surface area (Å²) in [6, 6.07) is 5.42. The summed E-state index contributed by atoms with van der Waals surface area (Å²) in [5, 5.41) is 6.44. The normalized spacial score (nSPS) is 11.5. The SMILES string of the molecule is CC(C)(C)NC(=O)N/N=C/c1ccc(F)cc1. The van der Waals surface area contributed by atoms with Crippen molar-refractivity contribution in [3.63, 3.8) is 0 Å². The molecule has 1 rings (SSSR count). The maximum Gasteiger partial charge on any atom is 0.335 e. The molecule has 4 nitrogen and oxygen atoms in total. The molecule has 0 saturated heterocycles. The number of carbonyl (C=O) groups excluding carboxylic acids is 1. The lowest BCUT2D eigenvalue weighted by molar-refractivity contribution is 0.232. The molecule has 0 aliphatic rings. The first-order chi connectivity index (χ1) is 7.87. The van der Waals surface area contributed by atoms with Crippen LogP contribution < -0.4 is 10.7 Å². The quantitative estimate of drug-likeness (QED) is 0.601. The van der Waals surface area contributed by atoms with Crippen LogP contribution >= 0.6 is 0 Å². The summed E-state index contributed by atoms with van der Waals surface area (Å²) in [5.41, 5.74) is 2.73. The van der Waals surface area contributed by atoms with Crippen molar-refractivity contribution in [2.45, 2.75) is 26.3 Å². The van der Waals surface area contributed by atoms with Gasteiger partial charge in [-0.2, -0.15) is 5.10 Å². The van der Waals surface area contributed by atoms with Gasteiger partial charge in [0.2, 0.25) is 0 Å². The second-order valence-electron chi connectivity index (χ2n) is 4.63. The molecule has 0 unspecified atom stereocenters. The van der Waals surface area contributed by atoms with Gasteiger partial charge in [-0.15, -0.1) is 0 Å². The Morgan fingerprint density at radius 2 is 1.88 bits per heavy atom. The van der Waals surface area contributed by atoms with Crippen molar-refractivity contribution in [3.05, 3.63) is 35.6 Å². The van der Waals surface area contributed by atoms with Crippen molar-refractivity contribution in [2.24, 2.45) is 5.10 Å². The fourth-order valence-electron chi connectivity index (χ4n) is 1.08. The Labute approximate surface area is 99.9 Å². The lowest BCUT2D eigenvalue weighted by atomic mass is 10.1. The highest BCUT2D eigenvalue weighted by Crippen LogP contribution is 2.00. The first kappa shape index (κ1) is 13.2. The standard InChI is InChI=1S/C12H16FN3O/c1-12(2,3)15-11(17)16-14-8-9-4-6-10(13)7-5-9/h4-8H,1-3H3,(H2,15,16,17)/b14-8+. The molecule has 17 heavy (non-hydrogen) atoms. The van der Waals surface area contributed by atoms with E-state index in [1.807, 2.05) is 20.8 Å². The van der Waals surface area contributed by atoms with Crippen LogP contribution in [0.25, 0.3) is 0 Å². The highest BCUT2D eigenvalue weighted by molar-refractivity contribution is 5.81. The van der Waals surface area contributed by atoms with Crippen LogP contribution in [0, 0.1) is 5.82 Å². The molecule has 0 aliphatic carbocycles. The average Bonchev–Trinajstić information content (AvgIpc) is 2.18. The molecule has 0 heterocycles. The van der Waals surface area contributed by atoms with Gasteiger partial charge in [0.1, 0.15) is 5.82 Å². The fraction of sp³-hybridized carbons (Fsp3) is 0.333. The van der Waals surface area contributed by atoms with E-state index in [2.05, 4.69) is 15.8 Å². The van der Waals surface area contributed by atoms with Crippen LogP contribution in [0.1, 0.15) is 26.3 Å². The van der Waals surface area contributed by atoms with Crippen LogP contribution in [0.2, 0.25) is 0 Å². The molecule has 0 atom stereocenters. The topological polar surface area (TPSA) is 53.5 Å². The van der Waals surface area contributed by atoms with Gasteiger partial charge < -0.3 is 5.32 Å². The summed E-state index contributed by atoms with van der Waals surface area (Å²) in [6.07, 6.45) is 1.45. The van der Waals surface area contributed by atoms with Crippen LogP contribution in [-0.2, 0) is 0 Å². The smallest absolute Gasteiger partial charge is 0.332 e. The van der Waals surface area contributed by atoms with Crippen molar-refractivity contribution in [1.82, 2.24) is 10.7 Å². The van der Waals surface area contributed by atoms with Crippen LogP contribution in [0.5, 0.6) is 0 Å². The molecular formula is C12H16FN3O. The van der Waals surface area contributed by atoms with E-state index in [1.165, 1.54) is 18.3 Å². The van der Waals surface area contributed by atoms with Crippen molar-refractivity contribution < 1.29 is 9.18 Å². The lowest BCUT2D eigenvalue weighted by Gasteiger charge is -2.19. The number of amides is 2. The van der Waals surface area contributed by atoms with E-state index in [0.29, 0.717) is 5.56 Å². The van der Waals surface area contributed by atoms with Gasteiger partial charge in [0.15, 0.2) is 0 Å². The average molecular weight is 237 g/mol. The minimum atomic E-state index is -0.379. The number of urea groups is 1. The van der Waals surface area contributed by atoms with Crippen LogP contribution in [0.15, 0.2) is 29.4 Å². The van der Waals surface area contributed by atoms with Gasteiger partial charge in [-0.1, -0.05) is 12.1 Å². The Morgan fingerprint density at radius 3 is 2.41 bits per heavy atom. The Morgan fingerprint density at radius 1 is 1.29 bits per heavy atom. The zero-order valence-electron chi connectivity index (χ0n) is 10.1. The Kier molecular flexibility index (Phi) is 4.20. The molecule has 1 aromatic rings. The number of nitrogens with one attached hydrogen (secondary N) is 2. The van der Waals surface area contributed by atoms with E-state index in [0.717, 1.165) is 0 Å². The summed E-state index contributed by atoms with van der Waals surface area (Å²) in [5.74, 6) is -0.305. The third-order valence-corrected chi connectivity index (χ3v) is 1.74. The molecule has 92 valence electrons. The third-order valence-electron chi connectivity index (χ3n) is 1.74. The summed E-state index contributed by atoms with van der Waals surface area (Å²) >= 11 is 0. The molecule has 0 aliphatic heterocycles. The van der Waals surface area contributed by atoms with E-state index in [1.54, 1.807) is 12.1 Å². The van der Waals surface area contributed by atoms with Gasteiger partial charge in [0, 0.05) is 5.54 Å². The Bertz CT molecular complexity index is 407. The molecule has 1 aromatic carbocycles. The van der Waals surface area contributed by atoms with Gasteiger partial charge in [-0.25, -0.2) is 14.6 Å². The molecule has 0 spiro atoms. The van der Waals surface area contributed by atoms with Gasteiger partial charge in [-0.3, -0.25) is 0 Å². The second kappa shape index (κ2) is 5.43. The van der Waals surface area contributed by atoms with E-state index >= 15 is 0 Å². The number of benzene rings is 1. The van der Waals surface area contributed by atoms with Crippen LogP contribution in [0.3, 0.4) is 0 Å². The molecule has 0 fully saturated rings. The summed E-state index contributed by atoms with van der Waals surface area (Å²) in [4.78, 5) is 11.3. The maximum atomic E-state index is 12.6. The lowest BCUT2D eigenvalue weighted by Crippen LogP contribution is -2.44. The van der Waals surface area contributed by atoms with E-state index in [4.69, 9.17) is 0 Å². The first-order valence-electron chi connectivity index (χ1n) is 5.23. The van der Waals surface area contributed by atoms with Crippen molar-refractivity contribution in [2.75, 3.05) is 0 Å². The largest absolute Gasteiger partial charge is 0.335 e. The number of hydrogen-bond acceptors (Lipinski definition) is 2. The number of rotatable bonds is 2. The predicted octanol–water partition coefficient (Wildman–Crippen LogP) is 2.26. The number of nitrogens with zero attached hydrogens (tertiary/aromatic N) is 1. The molecule has 0 aromatic heterocycles. The zero-order chi connectivity index (χ0) is 12.9. The van der Waals surface area contributed by atoms with E-state index in [9.17, 15) is 9.18 Å². The van der Waals surface area contributed by atoms with Crippen molar-refractivity contribution >= 4 is 12.2 Å². The summed E-state index contributed by atoms with van der Waals surface area (Å²) in [7, 11) is 0. The molecule has 0 radical (unpaired) electrons. The Hall–Kier alpha value is -1.91. The molecule has 0 bridgehead atoms. The van der Waals surface area contributed by atoms with Crippen LogP contribution in [0.4, 0.5) is 9.18 Å². The van der Waals surface area contributed by atoms with Gasteiger partial charge >= 0.3 is 6.03 Å². The van der Waals surface area contributed by atoms with Gasteiger partial charge in [0.25, 0.3) is 0 Å². The fourth-order valence-corrected chi connectivity index (χ4v) is 1.08. The zero-order valence-corrected chi connectivity index (χ0v) is 10.1. The van der Waals surface area contributed by atoms with Gasteiger partial charge in [0.05, 0.1) is 6.21 Å². The predicted molar refractivity (Wildman–Crippen MR) is 65.4 cm³/mol. The maximum absolute atomic E-state index is 12.6. The minimum Gasteiger partial charge on any atom is -0.332 e. The molecule has 0 saturated carbocycles.